The Labute approximate surface area is 144 Å². The summed E-state index contributed by atoms with van der Waals surface area (Å²) in [5, 5.41) is 2.94. The smallest absolute Gasteiger partial charge is 0.255 e. The Balaban J connectivity index is 1.71. The highest BCUT2D eigenvalue weighted by atomic mass is 32.2. The predicted octanol–water partition coefficient (Wildman–Crippen LogP) is 2.84. The normalized spacial score (nSPS) is 12.3. The van der Waals surface area contributed by atoms with Crippen molar-refractivity contribution < 1.29 is 14.3 Å². The summed E-state index contributed by atoms with van der Waals surface area (Å²) < 4.78 is 5.46. The Hall–Kier alpha value is -2.47. The summed E-state index contributed by atoms with van der Waals surface area (Å²) in [5.74, 6) is 0.948. The van der Waals surface area contributed by atoms with Crippen molar-refractivity contribution in [2.45, 2.75) is 17.7 Å². The van der Waals surface area contributed by atoms with Crippen molar-refractivity contribution in [2.75, 3.05) is 17.7 Å². The van der Waals surface area contributed by atoms with Crippen LogP contribution in [0.4, 0.5) is 5.69 Å². The fourth-order valence-electron chi connectivity index (χ4n) is 2.48. The van der Waals surface area contributed by atoms with Gasteiger partial charge in [-0.05, 0) is 35.9 Å². The highest BCUT2D eigenvalue weighted by molar-refractivity contribution is 7.99. The van der Waals surface area contributed by atoms with E-state index in [0.717, 1.165) is 28.3 Å². The maximum absolute atomic E-state index is 12.5. The van der Waals surface area contributed by atoms with Crippen LogP contribution in [0.15, 0.2) is 47.4 Å². The molecule has 3 rings (SSSR count). The monoisotopic (exact) mass is 342 g/mol. The molecule has 3 N–H and O–H groups in total. The molecule has 0 spiro atoms. The second-order valence-electron chi connectivity index (χ2n) is 5.44. The first-order chi connectivity index (χ1) is 11.6. The maximum Gasteiger partial charge on any atom is 0.255 e. The van der Waals surface area contributed by atoms with Crippen molar-refractivity contribution in [2.24, 2.45) is 5.73 Å². The molecule has 124 valence electrons. The summed E-state index contributed by atoms with van der Waals surface area (Å²) in [6.45, 7) is 0.666. The molecule has 5 nitrogen and oxygen atoms in total. The molecule has 2 aromatic rings. The highest BCUT2D eigenvalue weighted by Crippen LogP contribution is 2.29. The van der Waals surface area contributed by atoms with Crippen molar-refractivity contribution in [1.82, 2.24) is 0 Å². The van der Waals surface area contributed by atoms with E-state index in [-0.39, 0.29) is 11.8 Å². The van der Waals surface area contributed by atoms with Crippen LogP contribution in [0.5, 0.6) is 5.75 Å². The molecular formula is C18H18N2O3S. The zero-order valence-corrected chi connectivity index (χ0v) is 13.9. The number of fused-ring (bicyclic) bond motifs is 1. The van der Waals surface area contributed by atoms with Gasteiger partial charge in [-0.3, -0.25) is 9.59 Å². The molecule has 2 aromatic carbocycles. The molecule has 1 heterocycles. The molecule has 0 bridgehead atoms. The van der Waals surface area contributed by atoms with Gasteiger partial charge >= 0.3 is 0 Å². The quantitative estimate of drug-likeness (QED) is 0.791. The van der Waals surface area contributed by atoms with E-state index >= 15 is 0 Å². The van der Waals surface area contributed by atoms with Gasteiger partial charge in [-0.25, -0.2) is 0 Å². The number of thioether (sulfide) groups is 1. The first kappa shape index (κ1) is 16.4. The Kier molecular flexibility index (Phi) is 5.05. The Morgan fingerprint density at radius 3 is 2.88 bits per heavy atom. The number of benzene rings is 2. The van der Waals surface area contributed by atoms with Crippen LogP contribution in [-0.4, -0.2) is 24.2 Å². The van der Waals surface area contributed by atoms with E-state index in [1.165, 1.54) is 11.8 Å². The molecule has 6 heteroatoms. The third-order valence-corrected chi connectivity index (χ3v) is 4.77. The van der Waals surface area contributed by atoms with Crippen LogP contribution in [0.3, 0.4) is 0 Å². The summed E-state index contributed by atoms with van der Waals surface area (Å²) in [7, 11) is 0. The lowest BCUT2D eigenvalue weighted by atomic mass is 10.1. The zero-order valence-electron chi connectivity index (χ0n) is 13.1. The fourth-order valence-corrected chi connectivity index (χ4v) is 3.45. The van der Waals surface area contributed by atoms with E-state index in [9.17, 15) is 9.59 Å². The van der Waals surface area contributed by atoms with Crippen LogP contribution >= 0.6 is 11.8 Å². The van der Waals surface area contributed by atoms with Crippen molar-refractivity contribution in [3.05, 3.63) is 53.6 Å². The molecule has 1 aliphatic rings. The molecule has 2 amide bonds. The molecule has 24 heavy (non-hydrogen) atoms. The van der Waals surface area contributed by atoms with Crippen molar-refractivity contribution in [1.29, 1.82) is 0 Å². The topological polar surface area (TPSA) is 81.4 Å². The summed E-state index contributed by atoms with van der Waals surface area (Å²) >= 11 is 1.50. The van der Waals surface area contributed by atoms with E-state index in [1.54, 1.807) is 6.07 Å². The molecule has 0 radical (unpaired) electrons. The number of hydrogen-bond donors (Lipinski definition) is 2. The third kappa shape index (κ3) is 3.89. The summed E-state index contributed by atoms with van der Waals surface area (Å²) in [4.78, 5) is 24.3. The van der Waals surface area contributed by atoms with Gasteiger partial charge < -0.3 is 15.8 Å². The Morgan fingerprint density at radius 1 is 1.21 bits per heavy atom. The van der Waals surface area contributed by atoms with Crippen molar-refractivity contribution in [3.8, 4) is 5.75 Å². The number of para-hydroxylation sites is 1. The molecule has 0 saturated heterocycles. The molecular weight excluding hydrogens is 324 g/mol. The van der Waals surface area contributed by atoms with E-state index < -0.39 is 0 Å². The second kappa shape index (κ2) is 7.40. The molecule has 0 fully saturated rings. The molecule has 0 aromatic heterocycles. The highest BCUT2D eigenvalue weighted by Gasteiger charge is 2.16. The fraction of sp³-hybridized carbons (Fsp3) is 0.222. The van der Waals surface area contributed by atoms with Crippen molar-refractivity contribution >= 4 is 29.3 Å². The molecule has 0 atom stereocenters. The Morgan fingerprint density at radius 2 is 2.04 bits per heavy atom. The SMILES string of the molecule is NC(=O)CCSc1ccccc1NC(=O)c1ccc2c(c1)CCO2. The number of carbonyl (C=O) groups is 2. The first-order valence-corrected chi connectivity index (χ1v) is 8.69. The van der Waals surface area contributed by atoms with Gasteiger partial charge in [-0.15, -0.1) is 11.8 Å². The number of nitrogens with two attached hydrogens (primary N) is 1. The number of rotatable bonds is 6. The van der Waals surface area contributed by atoms with Gasteiger partial charge in [0.15, 0.2) is 0 Å². The number of anilines is 1. The number of carbonyl (C=O) groups excluding carboxylic acids is 2. The zero-order chi connectivity index (χ0) is 16.9. The number of amides is 2. The van der Waals surface area contributed by atoms with Gasteiger partial charge in [0.25, 0.3) is 5.91 Å². The second-order valence-corrected chi connectivity index (χ2v) is 6.57. The average molecular weight is 342 g/mol. The van der Waals surface area contributed by atoms with Gasteiger partial charge in [0.05, 0.1) is 12.3 Å². The number of ether oxygens (including phenoxy) is 1. The Bertz CT molecular complexity index is 777. The first-order valence-electron chi connectivity index (χ1n) is 7.71. The van der Waals surface area contributed by atoms with E-state index in [4.69, 9.17) is 10.5 Å². The van der Waals surface area contributed by atoms with Crippen LogP contribution in [0.1, 0.15) is 22.3 Å². The summed E-state index contributed by atoms with van der Waals surface area (Å²) in [6.07, 6.45) is 1.13. The standard InChI is InChI=1S/C18H18N2O3S/c19-17(21)8-10-24-16-4-2-1-3-14(16)20-18(22)13-5-6-15-12(11-13)7-9-23-15/h1-6,11H,7-10H2,(H2,19,21)(H,20,22). The lowest BCUT2D eigenvalue weighted by molar-refractivity contribution is -0.117. The summed E-state index contributed by atoms with van der Waals surface area (Å²) in [6, 6.07) is 13.0. The molecule has 1 aliphatic heterocycles. The van der Waals surface area contributed by atoms with Gasteiger partial charge in [0.1, 0.15) is 5.75 Å². The molecule has 0 aliphatic carbocycles. The van der Waals surface area contributed by atoms with Gasteiger partial charge in [-0.2, -0.15) is 0 Å². The summed E-state index contributed by atoms with van der Waals surface area (Å²) in [5.41, 5.74) is 7.56. The van der Waals surface area contributed by atoms with Crippen molar-refractivity contribution in [3.63, 3.8) is 0 Å². The van der Waals surface area contributed by atoms with E-state index in [1.807, 2.05) is 36.4 Å². The van der Waals surface area contributed by atoms with Gasteiger partial charge in [0, 0.05) is 29.1 Å². The largest absolute Gasteiger partial charge is 0.493 e. The maximum atomic E-state index is 12.5. The van der Waals surface area contributed by atoms with Gasteiger partial charge in [0.2, 0.25) is 5.91 Å². The van der Waals surface area contributed by atoms with E-state index in [2.05, 4.69) is 5.32 Å². The predicted molar refractivity (Wildman–Crippen MR) is 94.6 cm³/mol. The number of hydrogen-bond acceptors (Lipinski definition) is 4. The lowest BCUT2D eigenvalue weighted by Gasteiger charge is -2.11. The minimum Gasteiger partial charge on any atom is -0.493 e. The molecule has 0 saturated carbocycles. The number of nitrogens with one attached hydrogen (secondary N) is 1. The van der Waals surface area contributed by atoms with Crippen LogP contribution in [0, 0.1) is 0 Å². The minimum absolute atomic E-state index is 0.160. The van der Waals surface area contributed by atoms with Crippen LogP contribution in [0.25, 0.3) is 0 Å². The number of primary amides is 1. The van der Waals surface area contributed by atoms with Crippen LogP contribution in [0.2, 0.25) is 0 Å². The molecule has 0 unspecified atom stereocenters. The van der Waals surface area contributed by atoms with Crippen LogP contribution in [-0.2, 0) is 11.2 Å². The van der Waals surface area contributed by atoms with E-state index in [0.29, 0.717) is 24.3 Å². The van der Waals surface area contributed by atoms with Crippen LogP contribution < -0.4 is 15.8 Å². The lowest BCUT2D eigenvalue weighted by Crippen LogP contribution is -2.13. The third-order valence-electron chi connectivity index (χ3n) is 3.69. The van der Waals surface area contributed by atoms with Gasteiger partial charge in [-0.1, -0.05) is 12.1 Å². The average Bonchev–Trinajstić information content (AvgIpc) is 3.03. The minimum atomic E-state index is -0.329.